The van der Waals surface area contributed by atoms with E-state index in [9.17, 15) is 0 Å². The van der Waals surface area contributed by atoms with Crippen molar-refractivity contribution in [2.24, 2.45) is 0 Å². The van der Waals surface area contributed by atoms with Gasteiger partial charge in [-0.15, -0.1) is 0 Å². The fourth-order valence-electron chi connectivity index (χ4n) is 2.71. The summed E-state index contributed by atoms with van der Waals surface area (Å²) in [6.07, 6.45) is 1.61. The molecule has 0 amide bonds. The molecule has 0 unspecified atom stereocenters. The molecule has 0 aliphatic rings. The Morgan fingerprint density at radius 3 is 2.61 bits per heavy atom. The molecule has 0 aliphatic carbocycles. The van der Waals surface area contributed by atoms with Gasteiger partial charge in [-0.1, -0.05) is 23.4 Å². The van der Waals surface area contributed by atoms with Crippen molar-refractivity contribution in [1.29, 1.82) is 0 Å². The topological polar surface area (TPSA) is 138 Å². The van der Waals surface area contributed by atoms with Gasteiger partial charge in [0.25, 0.3) is 5.89 Å². The Kier molecular flexibility index (Phi) is 5.94. The zero-order valence-electron chi connectivity index (χ0n) is 17.0. The van der Waals surface area contributed by atoms with Crippen LogP contribution in [-0.2, 0) is 4.74 Å². The van der Waals surface area contributed by atoms with Crippen molar-refractivity contribution in [3.05, 3.63) is 48.7 Å². The summed E-state index contributed by atoms with van der Waals surface area (Å²) in [7, 11) is 3.43. The Balaban J connectivity index is 1.64. The molecule has 158 valence electrons. The van der Waals surface area contributed by atoms with Crippen molar-refractivity contribution in [3.8, 4) is 29.0 Å². The van der Waals surface area contributed by atoms with E-state index in [0.717, 1.165) is 5.69 Å². The minimum Gasteiger partial charge on any atom is -0.489 e. The normalized spacial score (nSPS) is 10.8. The van der Waals surface area contributed by atoms with Crippen molar-refractivity contribution in [1.82, 2.24) is 30.1 Å². The molecule has 3 heterocycles. The van der Waals surface area contributed by atoms with Gasteiger partial charge in [0.15, 0.2) is 11.4 Å². The van der Waals surface area contributed by atoms with E-state index in [1.807, 2.05) is 37.4 Å². The van der Waals surface area contributed by atoms with Gasteiger partial charge in [0.1, 0.15) is 6.61 Å². The van der Waals surface area contributed by atoms with Crippen LogP contribution in [0.5, 0.6) is 5.75 Å². The summed E-state index contributed by atoms with van der Waals surface area (Å²) in [5.41, 5.74) is 7.20. The number of rotatable bonds is 8. The van der Waals surface area contributed by atoms with Gasteiger partial charge in [-0.05, 0) is 24.3 Å². The van der Waals surface area contributed by atoms with Crippen LogP contribution in [0.25, 0.3) is 23.2 Å². The Morgan fingerprint density at radius 1 is 0.968 bits per heavy atom. The summed E-state index contributed by atoms with van der Waals surface area (Å²) in [5.74, 6) is 1.38. The van der Waals surface area contributed by atoms with Gasteiger partial charge in [0, 0.05) is 26.0 Å². The molecule has 1 aromatic carbocycles. The third kappa shape index (κ3) is 4.56. The predicted molar refractivity (Wildman–Crippen MR) is 113 cm³/mol. The molecular weight excluding hydrogens is 400 g/mol. The SMILES string of the molecule is COCCOc1cccnc1-c1nc(-c2nc(N)nc(N(C)c3ccccc3)n2)no1. The van der Waals surface area contributed by atoms with Crippen LogP contribution in [0.1, 0.15) is 0 Å². The lowest BCUT2D eigenvalue weighted by Gasteiger charge is -2.17. The standard InChI is InChI=1S/C20H20N8O3/c1-28(13-7-4-3-5-8-13)20-25-16(24-19(21)26-20)17-23-18(31-27-17)15-14(9-6-10-22-15)30-12-11-29-2/h3-10H,11-12H2,1-2H3,(H2,21,24,25,26). The van der Waals surface area contributed by atoms with Crippen molar-refractivity contribution in [2.75, 3.05) is 38.0 Å². The van der Waals surface area contributed by atoms with Crippen molar-refractivity contribution in [3.63, 3.8) is 0 Å². The smallest absolute Gasteiger partial charge is 0.280 e. The van der Waals surface area contributed by atoms with Crippen LogP contribution in [0.3, 0.4) is 0 Å². The van der Waals surface area contributed by atoms with Gasteiger partial charge in [-0.2, -0.15) is 19.9 Å². The number of benzene rings is 1. The number of methoxy groups -OCH3 is 1. The predicted octanol–water partition coefficient (Wildman–Crippen LogP) is 2.36. The highest BCUT2D eigenvalue weighted by Crippen LogP contribution is 2.28. The largest absolute Gasteiger partial charge is 0.489 e. The van der Waals surface area contributed by atoms with E-state index in [2.05, 4.69) is 30.1 Å². The Bertz CT molecular complexity index is 1150. The first-order valence-electron chi connectivity index (χ1n) is 9.37. The number of hydrogen-bond donors (Lipinski definition) is 1. The summed E-state index contributed by atoms with van der Waals surface area (Å²) >= 11 is 0. The minimum absolute atomic E-state index is 0.0376. The van der Waals surface area contributed by atoms with Crippen molar-refractivity contribution < 1.29 is 14.0 Å². The van der Waals surface area contributed by atoms with E-state index < -0.39 is 0 Å². The van der Waals surface area contributed by atoms with Crippen LogP contribution in [0.2, 0.25) is 0 Å². The first kappa shape index (κ1) is 20.2. The van der Waals surface area contributed by atoms with E-state index in [4.69, 9.17) is 19.7 Å². The monoisotopic (exact) mass is 420 g/mol. The van der Waals surface area contributed by atoms with Crippen LogP contribution in [-0.4, -0.2) is 57.4 Å². The van der Waals surface area contributed by atoms with Crippen LogP contribution < -0.4 is 15.4 Å². The molecule has 0 aliphatic heterocycles. The van der Waals surface area contributed by atoms with Gasteiger partial charge in [-0.3, -0.25) is 0 Å². The summed E-state index contributed by atoms with van der Waals surface area (Å²) in [4.78, 5) is 23.2. The molecule has 3 aromatic heterocycles. The number of anilines is 3. The molecule has 0 saturated heterocycles. The van der Waals surface area contributed by atoms with Crippen molar-refractivity contribution in [2.45, 2.75) is 0 Å². The molecule has 31 heavy (non-hydrogen) atoms. The van der Waals surface area contributed by atoms with E-state index in [1.165, 1.54) is 0 Å². The second-order valence-corrected chi connectivity index (χ2v) is 6.33. The zero-order chi connectivity index (χ0) is 21.6. The number of nitrogens with two attached hydrogens (primary N) is 1. The van der Waals surface area contributed by atoms with Gasteiger partial charge < -0.3 is 24.6 Å². The molecule has 0 atom stereocenters. The van der Waals surface area contributed by atoms with Gasteiger partial charge in [0.2, 0.25) is 23.5 Å². The highest BCUT2D eigenvalue weighted by atomic mass is 16.5. The summed E-state index contributed by atoms with van der Waals surface area (Å²) in [6, 6.07) is 13.1. The first-order valence-corrected chi connectivity index (χ1v) is 9.37. The molecule has 0 bridgehead atoms. The van der Waals surface area contributed by atoms with Gasteiger partial charge in [0.05, 0.1) is 6.61 Å². The van der Waals surface area contributed by atoms with Gasteiger partial charge in [-0.25, -0.2) is 4.98 Å². The third-order valence-corrected chi connectivity index (χ3v) is 4.23. The number of aromatic nitrogens is 6. The van der Waals surface area contributed by atoms with Gasteiger partial charge >= 0.3 is 0 Å². The zero-order valence-corrected chi connectivity index (χ0v) is 17.0. The second-order valence-electron chi connectivity index (χ2n) is 6.33. The van der Waals surface area contributed by atoms with E-state index in [-0.39, 0.29) is 23.5 Å². The molecule has 4 rings (SSSR count). The van der Waals surface area contributed by atoms with Crippen LogP contribution in [0, 0.1) is 0 Å². The lowest BCUT2D eigenvalue weighted by Crippen LogP contribution is -2.15. The summed E-state index contributed by atoms with van der Waals surface area (Å²) < 4.78 is 16.1. The fraction of sp³-hybridized carbons (Fsp3) is 0.200. The molecule has 0 saturated carbocycles. The summed E-state index contributed by atoms with van der Waals surface area (Å²) in [5, 5.41) is 3.98. The number of ether oxygens (including phenoxy) is 2. The number of para-hydroxylation sites is 1. The molecular formula is C20H20N8O3. The average molecular weight is 420 g/mol. The van der Waals surface area contributed by atoms with Crippen LogP contribution >= 0.6 is 0 Å². The number of nitrogens with zero attached hydrogens (tertiary/aromatic N) is 7. The highest BCUT2D eigenvalue weighted by molar-refractivity contribution is 5.61. The quantitative estimate of drug-likeness (QED) is 0.420. The Labute approximate surface area is 177 Å². The average Bonchev–Trinajstić information content (AvgIpc) is 3.29. The van der Waals surface area contributed by atoms with Crippen LogP contribution in [0.15, 0.2) is 53.2 Å². The van der Waals surface area contributed by atoms with E-state index >= 15 is 0 Å². The number of nitrogen functional groups attached to an aromatic ring is 1. The second kappa shape index (κ2) is 9.13. The van der Waals surface area contributed by atoms with E-state index in [0.29, 0.717) is 30.6 Å². The van der Waals surface area contributed by atoms with Crippen LogP contribution in [0.4, 0.5) is 17.6 Å². The maximum absolute atomic E-state index is 5.90. The molecule has 11 heteroatoms. The molecule has 0 radical (unpaired) electrons. The molecule has 11 nitrogen and oxygen atoms in total. The lowest BCUT2D eigenvalue weighted by atomic mass is 10.3. The maximum atomic E-state index is 5.90. The maximum Gasteiger partial charge on any atom is 0.280 e. The fourth-order valence-corrected chi connectivity index (χ4v) is 2.71. The minimum atomic E-state index is 0.0376. The van der Waals surface area contributed by atoms with Crippen molar-refractivity contribution >= 4 is 17.6 Å². The van der Waals surface area contributed by atoms with E-state index in [1.54, 1.807) is 30.3 Å². The first-order chi connectivity index (χ1) is 15.2. The Hall–Kier alpha value is -4.12. The lowest BCUT2D eigenvalue weighted by molar-refractivity contribution is 0.146. The molecule has 0 spiro atoms. The molecule has 4 aromatic rings. The number of pyridine rings is 1. The Morgan fingerprint density at radius 2 is 1.81 bits per heavy atom. The highest BCUT2D eigenvalue weighted by Gasteiger charge is 2.20. The summed E-state index contributed by atoms with van der Waals surface area (Å²) in [6.45, 7) is 0.792. The molecule has 0 fully saturated rings. The third-order valence-electron chi connectivity index (χ3n) is 4.23. The molecule has 2 N–H and O–H groups in total. The number of hydrogen-bond acceptors (Lipinski definition) is 11.